The van der Waals surface area contributed by atoms with Gasteiger partial charge in [0.15, 0.2) is 0 Å². The van der Waals surface area contributed by atoms with Gasteiger partial charge in [-0.15, -0.1) is 0 Å². The van der Waals surface area contributed by atoms with Crippen LogP contribution in [0.2, 0.25) is 5.02 Å². The van der Waals surface area contributed by atoms with Gasteiger partial charge >= 0.3 is 0 Å². The Morgan fingerprint density at radius 3 is 3.12 bits per heavy atom. The molecular formula is C8H6ClN5O2. The summed E-state index contributed by atoms with van der Waals surface area (Å²) in [7, 11) is 0. The van der Waals surface area contributed by atoms with Crippen LogP contribution in [0.5, 0.6) is 0 Å². The number of pyridine rings is 1. The molecule has 0 amide bonds. The summed E-state index contributed by atoms with van der Waals surface area (Å²) < 4.78 is 0. The summed E-state index contributed by atoms with van der Waals surface area (Å²) in [6.45, 7) is 0.109. The van der Waals surface area contributed by atoms with Crippen LogP contribution in [0.15, 0.2) is 23.5 Å². The zero-order valence-electron chi connectivity index (χ0n) is 7.95. The molecule has 0 aliphatic rings. The Hall–Kier alpha value is -2.11. The van der Waals surface area contributed by atoms with Crippen LogP contribution in [-0.2, 0) is 0 Å². The van der Waals surface area contributed by atoms with E-state index in [1.165, 1.54) is 24.4 Å². The van der Waals surface area contributed by atoms with Crippen LogP contribution in [0, 0.1) is 10.1 Å². The molecule has 0 fully saturated rings. The van der Waals surface area contributed by atoms with E-state index in [0.29, 0.717) is 0 Å². The Kier molecular flexibility index (Phi) is 4.26. The van der Waals surface area contributed by atoms with E-state index < -0.39 is 4.92 Å². The Bertz CT molecular complexity index is 481. The number of azide groups is 1. The molecule has 16 heavy (non-hydrogen) atoms. The van der Waals surface area contributed by atoms with Crippen molar-refractivity contribution >= 4 is 23.4 Å². The summed E-state index contributed by atoms with van der Waals surface area (Å²) >= 11 is 5.59. The lowest BCUT2D eigenvalue weighted by atomic mass is 10.3. The van der Waals surface area contributed by atoms with E-state index in [1.54, 1.807) is 0 Å². The second kappa shape index (κ2) is 5.69. The third-order valence-electron chi connectivity index (χ3n) is 1.59. The van der Waals surface area contributed by atoms with Gasteiger partial charge in [-0.05, 0) is 11.6 Å². The molecule has 8 heteroatoms. The van der Waals surface area contributed by atoms with Crippen molar-refractivity contribution in [2.24, 2.45) is 5.11 Å². The quantitative estimate of drug-likeness (QED) is 0.265. The van der Waals surface area contributed by atoms with Gasteiger partial charge in [-0.1, -0.05) is 22.8 Å². The van der Waals surface area contributed by atoms with Gasteiger partial charge in [0, 0.05) is 23.7 Å². The Morgan fingerprint density at radius 1 is 1.75 bits per heavy atom. The van der Waals surface area contributed by atoms with Crippen molar-refractivity contribution in [3.05, 3.63) is 49.6 Å². The Labute approximate surface area is 95.1 Å². The van der Waals surface area contributed by atoms with Crippen LogP contribution in [-0.4, -0.2) is 16.5 Å². The molecule has 0 N–H and O–H groups in total. The van der Waals surface area contributed by atoms with Crippen LogP contribution in [0.4, 0.5) is 5.69 Å². The van der Waals surface area contributed by atoms with E-state index >= 15 is 0 Å². The molecule has 1 aromatic rings. The minimum absolute atomic E-state index is 0.109. The van der Waals surface area contributed by atoms with Crippen molar-refractivity contribution in [2.75, 3.05) is 6.54 Å². The summed E-state index contributed by atoms with van der Waals surface area (Å²) in [6.07, 6.45) is 4.19. The fourth-order valence-corrected chi connectivity index (χ4v) is 1.11. The number of nitrogens with zero attached hydrogens (tertiary/aromatic N) is 5. The predicted octanol–water partition coefficient (Wildman–Crippen LogP) is 2.97. The first kappa shape index (κ1) is 12.0. The molecule has 0 spiro atoms. The number of hydrogen-bond acceptors (Lipinski definition) is 4. The van der Waals surface area contributed by atoms with Crippen molar-refractivity contribution in [2.45, 2.75) is 0 Å². The summed E-state index contributed by atoms with van der Waals surface area (Å²) in [5.41, 5.74) is 8.00. The number of halogens is 1. The highest BCUT2D eigenvalue weighted by Gasteiger charge is 2.12. The molecule has 7 nitrogen and oxygen atoms in total. The van der Waals surface area contributed by atoms with Crippen molar-refractivity contribution in [3.63, 3.8) is 0 Å². The topological polar surface area (TPSA) is 105 Å². The number of aromatic nitrogens is 1. The fraction of sp³-hybridized carbons (Fsp3) is 0.125. The molecule has 0 unspecified atom stereocenters. The SMILES string of the molecule is [N-]=[N+]=NCC=Cc1ncc(Cl)cc1[N+](=O)[O-]. The lowest BCUT2D eigenvalue weighted by Gasteiger charge is -1.96. The molecule has 1 heterocycles. The lowest BCUT2D eigenvalue weighted by Crippen LogP contribution is -1.94. The lowest BCUT2D eigenvalue weighted by molar-refractivity contribution is -0.385. The largest absolute Gasteiger partial charge is 0.296 e. The maximum Gasteiger partial charge on any atom is 0.296 e. The molecule has 0 aliphatic carbocycles. The summed E-state index contributed by atoms with van der Waals surface area (Å²) in [5, 5.41) is 14.1. The van der Waals surface area contributed by atoms with Crippen LogP contribution in [0.1, 0.15) is 5.69 Å². The molecule has 0 saturated heterocycles. The minimum Gasteiger partial charge on any atom is -0.258 e. The fourth-order valence-electron chi connectivity index (χ4n) is 0.962. The minimum atomic E-state index is -0.577. The van der Waals surface area contributed by atoms with Crippen molar-refractivity contribution in [3.8, 4) is 0 Å². The van der Waals surface area contributed by atoms with E-state index in [0.717, 1.165) is 0 Å². The first-order valence-electron chi connectivity index (χ1n) is 4.12. The second-order valence-electron chi connectivity index (χ2n) is 2.63. The molecule has 0 aromatic carbocycles. The Balaban J connectivity index is 2.99. The molecule has 0 saturated carbocycles. The standard InChI is InChI=1S/C8H6ClN5O2/c9-6-4-8(14(15)16)7(11-5-6)2-1-3-12-13-10/h1-2,4-5H,3H2. The van der Waals surface area contributed by atoms with Gasteiger partial charge in [-0.2, -0.15) is 0 Å². The first-order valence-corrected chi connectivity index (χ1v) is 4.50. The van der Waals surface area contributed by atoms with Gasteiger partial charge < -0.3 is 0 Å². The van der Waals surface area contributed by atoms with E-state index in [-0.39, 0.29) is 22.9 Å². The molecule has 0 atom stereocenters. The van der Waals surface area contributed by atoms with Gasteiger partial charge in [0.05, 0.1) is 9.95 Å². The maximum atomic E-state index is 10.7. The second-order valence-corrected chi connectivity index (χ2v) is 3.07. The van der Waals surface area contributed by atoms with Crippen LogP contribution in [0.3, 0.4) is 0 Å². The van der Waals surface area contributed by atoms with Gasteiger partial charge in [0.25, 0.3) is 5.69 Å². The summed E-state index contributed by atoms with van der Waals surface area (Å²) in [4.78, 5) is 16.4. The highest BCUT2D eigenvalue weighted by Crippen LogP contribution is 2.21. The molecule has 0 aliphatic heterocycles. The predicted molar refractivity (Wildman–Crippen MR) is 58.9 cm³/mol. The highest BCUT2D eigenvalue weighted by molar-refractivity contribution is 6.30. The van der Waals surface area contributed by atoms with Gasteiger partial charge in [0.1, 0.15) is 5.69 Å². The molecule has 0 radical (unpaired) electrons. The molecular weight excluding hydrogens is 234 g/mol. The third-order valence-corrected chi connectivity index (χ3v) is 1.79. The van der Waals surface area contributed by atoms with Gasteiger partial charge in [0.2, 0.25) is 0 Å². The molecule has 1 aromatic heterocycles. The molecule has 0 bridgehead atoms. The Morgan fingerprint density at radius 2 is 2.50 bits per heavy atom. The molecule has 82 valence electrons. The van der Waals surface area contributed by atoms with E-state index in [2.05, 4.69) is 15.0 Å². The van der Waals surface area contributed by atoms with E-state index in [9.17, 15) is 10.1 Å². The average molecular weight is 240 g/mol. The summed E-state index contributed by atoms with van der Waals surface area (Å²) in [6, 6.07) is 1.21. The van der Waals surface area contributed by atoms with E-state index in [4.69, 9.17) is 17.1 Å². The zero-order chi connectivity index (χ0) is 12.0. The van der Waals surface area contributed by atoms with Gasteiger partial charge in [-0.25, -0.2) is 4.98 Å². The monoisotopic (exact) mass is 239 g/mol. The van der Waals surface area contributed by atoms with E-state index in [1.807, 2.05) is 0 Å². The number of nitro groups is 1. The normalized spacial score (nSPS) is 10.1. The number of rotatable bonds is 4. The van der Waals surface area contributed by atoms with Crippen molar-refractivity contribution in [1.82, 2.24) is 4.98 Å². The third kappa shape index (κ3) is 3.23. The first-order chi connectivity index (χ1) is 7.65. The zero-order valence-corrected chi connectivity index (χ0v) is 8.70. The van der Waals surface area contributed by atoms with Crippen LogP contribution in [0.25, 0.3) is 16.5 Å². The average Bonchev–Trinajstić information content (AvgIpc) is 2.26. The van der Waals surface area contributed by atoms with Crippen LogP contribution >= 0.6 is 11.6 Å². The van der Waals surface area contributed by atoms with Crippen LogP contribution < -0.4 is 0 Å². The van der Waals surface area contributed by atoms with Gasteiger partial charge in [-0.3, -0.25) is 10.1 Å². The molecule has 1 rings (SSSR count). The van der Waals surface area contributed by atoms with Crippen molar-refractivity contribution < 1.29 is 4.92 Å². The maximum absolute atomic E-state index is 10.7. The van der Waals surface area contributed by atoms with Crippen molar-refractivity contribution in [1.29, 1.82) is 0 Å². The highest BCUT2D eigenvalue weighted by atomic mass is 35.5. The number of hydrogen-bond donors (Lipinski definition) is 0. The summed E-state index contributed by atoms with van der Waals surface area (Å²) in [5.74, 6) is 0. The smallest absolute Gasteiger partial charge is 0.258 e.